The minimum absolute atomic E-state index is 0. The number of carbonyl (C=O) groups excluding carboxylic acids is 1. The summed E-state index contributed by atoms with van der Waals surface area (Å²) in [5.41, 5.74) is 0. The molecule has 7 nitrogen and oxygen atoms in total. The zero-order valence-electron chi connectivity index (χ0n) is 5.89. The fourth-order valence-electron chi connectivity index (χ4n) is 0. The van der Waals surface area contributed by atoms with Gasteiger partial charge >= 0.3 is 23.1 Å². The van der Waals surface area contributed by atoms with E-state index in [1.807, 2.05) is 0 Å². The summed E-state index contributed by atoms with van der Waals surface area (Å²) in [5, 5.41) is 8.89. The van der Waals surface area contributed by atoms with Crippen molar-refractivity contribution >= 4 is 36.8 Å². The van der Waals surface area contributed by atoms with Gasteiger partial charge in [0.2, 0.25) is 0 Å². The van der Waals surface area contributed by atoms with E-state index in [9.17, 15) is 0 Å². The molecule has 0 aromatic heterocycles. The summed E-state index contributed by atoms with van der Waals surface area (Å²) in [4.78, 5) is 31.8. The third kappa shape index (κ3) is 7580. The van der Waals surface area contributed by atoms with Gasteiger partial charge in [0.25, 0.3) is 7.82 Å². The number of hydrogen-bond donors (Lipinski definition) is 3. The molecule has 0 fully saturated rings. The zero-order valence-corrected chi connectivity index (χ0v) is 8.20. The van der Waals surface area contributed by atoms with Crippen LogP contribution in [0.15, 0.2) is 0 Å². The van der Waals surface area contributed by atoms with Crippen LogP contribution in [0.4, 0.5) is 0 Å². The van der Waals surface area contributed by atoms with Gasteiger partial charge in [0.05, 0.1) is 0 Å². The van der Waals surface area contributed by atoms with Gasteiger partial charge < -0.3 is 30.7 Å². The minimum atomic E-state index is -4.89. The summed E-state index contributed by atoms with van der Waals surface area (Å²) in [6.07, 6.45) is 0. The summed E-state index contributed by atoms with van der Waals surface area (Å²) in [7, 11) is -4.89. The standard InChI is InChI=1S/C2H4O2.Mg.H3N.H3O4P/c1-2(3)4;;;1-5(2,3)4/h1H3,(H,3,4);;1H3;(H3,1,2,3,4)/q;+2;;/p-2. The number of carboxylic acid groups (broad SMARTS) is 1. The van der Waals surface area contributed by atoms with Gasteiger partial charge in [-0.3, -0.25) is 4.57 Å². The second kappa shape index (κ2) is 10.3. The molecule has 11 heavy (non-hydrogen) atoms. The van der Waals surface area contributed by atoms with Gasteiger partial charge in [0, 0.05) is 5.97 Å². The van der Waals surface area contributed by atoms with Crippen LogP contribution in [-0.2, 0) is 9.36 Å². The molecule has 5 N–H and O–H groups in total. The largest absolute Gasteiger partial charge is 2.00 e. The van der Waals surface area contributed by atoms with E-state index in [2.05, 4.69) is 0 Å². The minimum Gasteiger partial charge on any atom is -0.756 e. The van der Waals surface area contributed by atoms with Crippen LogP contribution in [0.1, 0.15) is 6.92 Å². The average molecular weight is 197 g/mol. The molecule has 64 valence electrons. The van der Waals surface area contributed by atoms with Crippen molar-refractivity contribution < 1.29 is 29.1 Å². The van der Waals surface area contributed by atoms with Gasteiger partial charge in [-0.1, -0.05) is 0 Å². The van der Waals surface area contributed by atoms with Gasteiger partial charge in [-0.05, 0) is 6.92 Å². The number of carbonyl (C=O) groups is 1. The number of phosphoric acid groups is 1. The molecule has 0 saturated carbocycles. The van der Waals surface area contributed by atoms with Crippen molar-refractivity contribution in [3.63, 3.8) is 0 Å². The molecule has 0 aliphatic rings. The van der Waals surface area contributed by atoms with E-state index in [4.69, 9.17) is 29.1 Å². The molecular formula is C2H8MgNO6P. The van der Waals surface area contributed by atoms with Gasteiger partial charge in [0.1, 0.15) is 0 Å². The normalized spacial score (nSPS) is 7.64. The number of carboxylic acids is 1. The molecule has 9 heteroatoms. The Kier molecular flexibility index (Phi) is 21.1. The zero-order chi connectivity index (χ0) is 8.08. The Labute approximate surface area is 79.4 Å². The van der Waals surface area contributed by atoms with Gasteiger partial charge in [-0.2, -0.15) is 0 Å². The van der Waals surface area contributed by atoms with Gasteiger partial charge in [-0.15, -0.1) is 0 Å². The van der Waals surface area contributed by atoms with Crippen LogP contribution in [0.2, 0.25) is 0 Å². The third-order valence-corrected chi connectivity index (χ3v) is 0. The molecule has 0 radical (unpaired) electrons. The molecule has 0 amide bonds. The molecule has 0 aliphatic heterocycles. The average Bonchev–Trinajstić information content (AvgIpc) is 1.19. The first kappa shape index (κ1) is 22.5. The SMILES string of the molecule is CC(=O)[O-].N.O=P([O-])(O)O.[Mg+2]. The predicted octanol–water partition coefficient (Wildman–Crippen LogP) is -3.02. The van der Waals surface area contributed by atoms with E-state index in [1.54, 1.807) is 0 Å². The molecule has 0 aromatic carbocycles. The van der Waals surface area contributed by atoms with Crippen molar-refractivity contribution in [2.75, 3.05) is 0 Å². The fourth-order valence-corrected chi connectivity index (χ4v) is 0. The third-order valence-electron chi connectivity index (χ3n) is 0. The van der Waals surface area contributed by atoms with E-state index in [-0.39, 0.29) is 29.2 Å². The Hall–Kier alpha value is 0.306. The number of aliphatic carboxylic acids is 1. The number of hydrogen-bond acceptors (Lipinski definition) is 5. The first-order valence-electron chi connectivity index (χ1n) is 1.67. The van der Waals surface area contributed by atoms with Crippen LogP contribution in [-0.4, -0.2) is 38.8 Å². The topological polar surface area (TPSA) is 156 Å². The summed E-state index contributed by atoms with van der Waals surface area (Å²) < 4.78 is 8.77. The summed E-state index contributed by atoms with van der Waals surface area (Å²) >= 11 is 0. The summed E-state index contributed by atoms with van der Waals surface area (Å²) in [5.74, 6) is -1.08. The summed E-state index contributed by atoms with van der Waals surface area (Å²) in [6.45, 7) is 0.972. The van der Waals surface area contributed by atoms with Crippen LogP contribution in [0.3, 0.4) is 0 Å². The monoisotopic (exact) mass is 197 g/mol. The summed E-state index contributed by atoms with van der Waals surface area (Å²) in [6, 6.07) is 0. The molecule has 0 rings (SSSR count). The van der Waals surface area contributed by atoms with Crippen molar-refractivity contribution in [2.24, 2.45) is 0 Å². The van der Waals surface area contributed by atoms with Gasteiger partial charge in [-0.25, -0.2) is 0 Å². The Balaban J connectivity index is -0.0000000383. The van der Waals surface area contributed by atoms with Gasteiger partial charge in [0.15, 0.2) is 0 Å². The van der Waals surface area contributed by atoms with E-state index >= 15 is 0 Å². The van der Waals surface area contributed by atoms with Crippen LogP contribution >= 0.6 is 7.82 Å². The Morgan fingerprint density at radius 3 is 1.45 bits per heavy atom. The van der Waals surface area contributed by atoms with Crippen molar-refractivity contribution in [1.29, 1.82) is 0 Å². The van der Waals surface area contributed by atoms with Crippen molar-refractivity contribution in [2.45, 2.75) is 6.92 Å². The first-order chi connectivity index (χ1) is 3.73. The molecule has 0 bridgehead atoms. The molecule has 0 aromatic rings. The molecule has 0 saturated heterocycles. The number of rotatable bonds is 0. The Bertz CT molecular complexity index is 120. The second-order valence-electron chi connectivity index (χ2n) is 0.982. The maximum absolute atomic E-state index is 8.89. The second-order valence-corrected chi connectivity index (χ2v) is 1.96. The van der Waals surface area contributed by atoms with Crippen LogP contribution in [0, 0.1) is 0 Å². The maximum Gasteiger partial charge on any atom is 2.00 e. The fraction of sp³-hybridized carbons (Fsp3) is 0.500. The van der Waals surface area contributed by atoms with Crippen molar-refractivity contribution in [1.82, 2.24) is 6.15 Å². The Morgan fingerprint density at radius 1 is 1.45 bits per heavy atom. The molecule has 0 aliphatic carbocycles. The van der Waals surface area contributed by atoms with Crippen molar-refractivity contribution in [3.05, 3.63) is 0 Å². The quantitative estimate of drug-likeness (QED) is 0.275. The molecule has 0 spiro atoms. The van der Waals surface area contributed by atoms with Crippen molar-refractivity contribution in [3.8, 4) is 0 Å². The van der Waals surface area contributed by atoms with Crippen LogP contribution < -0.4 is 16.2 Å². The molecule has 0 atom stereocenters. The predicted molar refractivity (Wildman–Crippen MR) is 33.5 cm³/mol. The smallest absolute Gasteiger partial charge is 0.756 e. The maximum atomic E-state index is 8.89. The molecule has 0 heterocycles. The van der Waals surface area contributed by atoms with E-state index in [0.717, 1.165) is 6.92 Å². The van der Waals surface area contributed by atoms with E-state index < -0.39 is 13.8 Å². The van der Waals surface area contributed by atoms with E-state index in [1.165, 1.54) is 0 Å². The Morgan fingerprint density at radius 2 is 1.45 bits per heavy atom. The molecular weight excluding hydrogens is 189 g/mol. The molecule has 0 unspecified atom stereocenters. The van der Waals surface area contributed by atoms with E-state index in [0.29, 0.717) is 0 Å². The first-order valence-corrected chi connectivity index (χ1v) is 3.20. The van der Waals surface area contributed by atoms with Crippen LogP contribution in [0.25, 0.3) is 0 Å². The van der Waals surface area contributed by atoms with Crippen LogP contribution in [0.5, 0.6) is 0 Å².